The van der Waals surface area contributed by atoms with Crippen LogP contribution in [0.25, 0.3) is 0 Å². The lowest BCUT2D eigenvalue weighted by molar-refractivity contribution is -0.162. The zero-order valence-corrected chi connectivity index (χ0v) is 19.1. The quantitative estimate of drug-likeness (QED) is 0.572. The summed E-state index contributed by atoms with van der Waals surface area (Å²) in [4.78, 5) is 25.3. The van der Waals surface area contributed by atoms with Crippen LogP contribution in [0.3, 0.4) is 0 Å². The number of ether oxygens (including phenoxy) is 2. The highest BCUT2D eigenvalue weighted by Gasteiger charge is 2.70. The highest BCUT2D eigenvalue weighted by Crippen LogP contribution is 2.60. The van der Waals surface area contributed by atoms with Crippen molar-refractivity contribution in [2.45, 2.75) is 49.0 Å². The summed E-state index contributed by atoms with van der Waals surface area (Å²) in [6.07, 6.45) is 0.552. The number of carbonyl (C=O) groups is 2. The number of benzene rings is 2. The average Bonchev–Trinajstić information content (AvgIpc) is 2.97. The summed E-state index contributed by atoms with van der Waals surface area (Å²) in [6.45, 7) is 1.28. The van der Waals surface area contributed by atoms with Crippen molar-refractivity contribution in [3.05, 3.63) is 57.8 Å². The van der Waals surface area contributed by atoms with E-state index < -0.39 is 34.5 Å². The standard InChI is InChI=1S/C23H21Cl2FN2O5/c1-21(19(30)14-6-12(24)2-5-17(14)33-21)20(31)28-23-9-22(10-23,11-23)27-18(29)8-32-13-3-4-15(25)16(26)7-13/h2-7,19,30H,8-11H2,1H3,(H,27,29)(H,28,31)/t19?,21-,22?,23?/m1/s1. The van der Waals surface area contributed by atoms with Gasteiger partial charge in [0.15, 0.2) is 6.61 Å². The van der Waals surface area contributed by atoms with Crippen molar-refractivity contribution in [2.24, 2.45) is 0 Å². The second-order valence-corrected chi connectivity index (χ2v) is 10.1. The van der Waals surface area contributed by atoms with Gasteiger partial charge in [-0.1, -0.05) is 23.2 Å². The Morgan fingerprint density at radius 3 is 2.55 bits per heavy atom. The third-order valence-electron chi connectivity index (χ3n) is 6.64. The zero-order chi connectivity index (χ0) is 23.6. The SMILES string of the molecule is C[C@@]1(C(=O)NC23CC(NC(=O)COc4ccc(Cl)c(F)c4)(C2)C3)Oc2ccc(Cl)cc2C1O. The minimum absolute atomic E-state index is 0.0231. The second-order valence-electron chi connectivity index (χ2n) is 9.25. The van der Waals surface area contributed by atoms with Crippen LogP contribution in [0.2, 0.25) is 10.0 Å². The first-order valence-corrected chi connectivity index (χ1v) is 11.2. The van der Waals surface area contributed by atoms with Crippen molar-refractivity contribution in [2.75, 3.05) is 6.61 Å². The van der Waals surface area contributed by atoms with E-state index in [2.05, 4.69) is 10.6 Å². The molecule has 6 rings (SSSR count). The van der Waals surface area contributed by atoms with Gasteiger partial charge in [0.1, 0.15) is 23.4 Å². The molecule has 3 saturated carbocycles. The van der Waals surface area contributed by atoms with E-state index in [0.29, 0.717) is 35.6 Å². The fourth-order valence-corrected chi connectivity index (χ4v) is 5.34. The minimum atomic E-state index is -1.47. The Bertz CT molecular complexity index is 1160. The number of fused-ring (bicyclic) bond motifs is 1. The van der Waals surface area contributed by atoms with Crippen LogP contribution in [0.15, 0.2) is 36.4 Å². The van der Waals surface area contributed by atoms with Crippen molar-refractivity contribution >= 4 is 35.0 Å². The van der Waals surface area contributed by atoms with Crippen LogP contribution >= 0.6 is 23.2 Å². The number of halogens is 3. The predicted octanol–water partition coefficient (Wildman–Crippen LogP) is 3.30. The number of nitrogens with one attached hydrogen (secondary N) is 2. The Morgan fingerprint density at radius 1 is 1.15 bits per heavy atom. The molecule has 0 radical (unpaired) electrons. The first-order valence-electron chi connectivity index (χ1n) is 10.4. The molecule has 2 aromatic carbocycles. The van der Waals surface area contributed by atoms with Gasteiger partial charge in [0.2, 0.25) is 5.60 Å². The molecular formula is C23H21Cl2FN2O5. The molecule has 0 spiro atoms. The van der Waals surface area contributed by atoms with Crippen LogP contribution in [0.1, 0.15) is 37.9 Å². The van der Waals surface area contributed by atoms with Crippen LogP contribution in [0.4, 0.5) is 4.39 Å². The summed E-state index contributed by atoms with van der Waals surface area (Å²) in [6, 6.07) is 8.81. The molecule has 1 unspecified atom stereocenters. The molecule has 1 heterocycles. The summed E-state index contributed by atoms with van der Waals surface area (Å²) in [7, 11) is 0. The maximum atomic E-state index is 13.5. The Labute approximate surface area is 199 Å². The van der Waals surface area contributed by atoms with Crippen LogP contribution in [-0.2, 0) is 9.59 Å². The molecule has 3 aliphatic carbocycles. The normalized spacial score (nSPS) is 30.9. The number of aliphatic hydroxyl groups is 1. The van der Waals surface area contributed by atoms with Crippen LogP contribution < -0.4 is 20.1 Å². The maximum Gasteiger partial charge on any atom is 0.267 e. The first kappa shape index (κ1) is 22.3. The summed E-state index contributed by atoms with van der Waals surface area (Å²) in [5, 5.41) is 17.1. The van der Waals surface area contributed by atoms with E-state index in [4.69, 9.17) is 32.7 Å². The molecule has 33 heavy (non-hydrogen) atoms. The Morgan fingerprint density at radius 2 is 1.85 bits per heavy atom. The molecule has 3 N–H and O–H groups in total. The van der Waals surface area contributed by atoms with Crippen LogP contribution in [-0.4, -0.2) is 40.2 Å². The van der Waals surface area contributed by atoms with Gasteiger partial charge in [-0.3, -0.25) is 9.59 Å². The van der Waals surface area contributed by atoms with Gasteiger partial charge < -0.3 is 25.2 Å². The molecule has 2 atom stereocenters. The second kappa shape index (κ2) is 7.48. The van der Waals surface area contributed by atoms with Crippen molar-refractivity contribution in [1.29, 1.82) is 0 Å². The molecule has 4 aliphatic rings. The van der Waals surface area contributed by atoms with Gasteiger partial charge in [-0.15, -0.1) is 0 Å². The highest BCUT2D eigenvalue weighted by molar-refractivity contribution is 6.31. The van der Waals surface area contributed by atoms with E-state index in [-0.39, 0.29) is 23.3 Å². The Balaban J connectivity index is 1.13. The molecule has 3 fully saturated rings. The van der Waals surface area contributed by atoms with Gasteiger partial charge in [-0.2, -0.15) is 0 Å². The van der Waals surface area contributed by atoms with E-state index in [1.54, 1.807) is 25.1 Å². The number of amides is 2. The summed E-state index contributed by atoms with van der Waals surface area (Å²) in [5.74, 6) is -0.748. The molecule has 174 valence electrons. The molecular weight excluding hydrogens is 474 g/mol. The maximum absolute atomic E-state index is 13.5. The minimum Gasteiger partial charge on any atom is -0.484 e. The molecule has 1 aliphatic heterocycles. The van der Waals surface area contributed by atoms with Gasteiger partial charge >= 0.3 is 0 Å². The molecule has 2 aromatic rings. The lowest BCUT2D eigenvalue weighted by Crippen LogP contribution is -2.84. The molecule has 0 saturated heterocycles. The number of hydrogen-bond donors (Lipinski definition) is 3. The lowest BCUT2D eigenvalue weighted by atomic mass is 9.44. The fraction of sp³-hybridized carbons (Fsp3) is 0.391. The summed E-state index contributed by atoms with van der Waals surface area (Å²) < 4.78 is 24.6. The van der Waals surface area contributed by atoms with E-state index in [1.807, 2.05) is 0 Å². The Hall–Kier alpha value is -2.55. The van der Waals surface area contributed by atoms with E-state index in [1.165, 1.54) is 12.1 Å². The van der Waals surface area contributed by atoms with E-state index in [9.17, 15) is 19.1 Å². The van der Waals surface area contributed by atoms with Crippen LogP contribution in [0.5, 0.6) is 11.5 Å². The van der Waals surface area contributed by atoms with Crippen molar-refractivity contribution in [3.63, 3.8) is 0 Å². The third kappa shape index (κ3) is 3.70. The number of aliphatic hydroxyl groups excluding tert-OH is 1. The fourth-order valence-electron chi connectivity index (χ4n) is 5.04. The smallest absolute Gasteiger partial charge is 0.267 e. The zero-order valence-electron chi connectivity index (χ0n) is 17.6. The largest absolute Gasteiger partial charge is 0.484 e. The molecule has 2 bridgehead atoms. The van der Waals surface area contributed by atoms with Gasteiger partial charge in [0.05, 0.1) is 5.02 Å². The van der Waals surface area contributed by atoms with Gasteiger partial charge in [0.25, 0.3) is 11.8 Å². The molecule has 7 nitrogen and oxygen atoms in total. The van der Waals surface area contributed by atoms with Crippen molar-refractivity contribution < 1.29 is 28.6 Å². The van der Waals surface area contributed by atoms with E-state index in [0.717, 1.165) is 6.07 Å². The van der Waals surface area contributed by atoms with Gasteiger partial charge in [-0.05, 0) is 56.5 Å². The predicted molar refractivity (Wildman–Crippen MR) is 118 cm³/mol. The highest BCUT2D eigenvalue weighted by atomic mass is 35.5. The molecule has 0 aromatic heterocycles. The number of rotatable bonds is 6. The average molecular weight is 495 g/mol. The van der Waals surface area contributed by atoms with Gasteiger partial charge in [-0.25, -0.2) is 4.39 Å². The Kier molecular flexibility index (Phi) is 5.04. The van der Waals surface area contributed by atoms with Gasteiger partial charge in [0, 0.05) is 27.7 Å². The molecule has 10 heteroatoms. The number of carbonyl (C=O) groups excluding carboxylic acids is 2. The molecule has 2 amide bonds. The van der Waals surface area contributed by atoms with Crippen molar-refractivity contribution in [3.8, 4) is 11.5 Å². The monoisotopic (exact) mass is 494 g/mol. The first-order chi connectivity index (χ1) is 15.5. The summed E-state index contributed by atoms with van der Waals surface area (Å²) >= 11 is 11.6. The summed E-state index contributed by atoms with van der Waals surface area (Å²) in [5.41, 5.74) is -1.84. The third-order valence-corrected chi connectivity index (χ3v) is 7.18. The number of hydrogen-bond acceptors (Lipinski definition) is 5. The van der Waals surface area contributed by atoms with Crippen LogP contribution in [0, 0.1) is 5.82 Å². The topological polar surface area (TPSA) is 96.9 Å². The van der Waals surface area contributed by atoms with E-state index >= 15 is 0 Å². The van der Waals surface area contributed by atoms with Crippen molar-refractivity contribution in [1.82, 2.24) is 10.6 Å². The lowest BCUT2D eigenvalue weighted by Gasteiger charge is -2.70.